The molecule has 0 amide bonds. The van der Waals surface area contributed by atoms with Gasteiger partial charge in [0.1, 0.15) is 0 Å². The summed E-state index contributed by atoms with van der Waals surface area (Å²) in [5.41, 5.74) is 2.05. The topological polar surface area (TPSA) is 32.9 Å². The molecule has 0 saturated heterocycles. The van der Waals surface area contributed by atoms with Crippen LogP contribution in [0.5, 0.6) is 0 Å². The molecule has 1 N–H and O–H groups in total. The lowest BCUT2D eigenvalue weighted by molar-refractivity contribution is 1.30. The van der Waals surface area contributed by atoms with Crippen molar-refractivity contribution >= 4 is 69.6 Å². The van der Waals surface area contributed by atoms with Gasteiger partial charge in [-0.1, -0.05) is 69.6 Å². The molecule has 0 atom stereocenters. The second-order valence-electron chi connectivity index (χ2n) is 5.15. The summed E-state index contributed by atoms with van der Waals surface area (Å²) in [6.07, 6.45) is 0. The zero-order valence-electron chi connectivity index (χ0n) is 12.1. The third-order valence-corrected chi connectivity index (χ3v) is 5.83. The highest BCUT2D eigenvalue weighted by molar-refractivity contribution is 6.49. The molecule has 0 aliphatic heterocycles. The summed E-state index contributed by atoms with van der Waals surface area (Å²) in [6.45, 7) is 0. The predicted octanol–water partition coefficient (Wildman–Crippen LogP) is 7.63. The van der Waals surface area contributed by atoms with Crippen molar-refractivity contribution in [2.24, 2.45) is 0 Å². The molecule has 2 aromatic carbocycles. The van der Waals surface area contributed by atoms with Crippen molar-refractivity contribution in [3.05, 3.63) is 76.8 Å². The van der Waals surface area contributed by atoms with Gasteiger partial charge in [-0.15, -0.1) is 0 Å². The van der Waals surface area contributed by atoms with Crippen LogP contribution < -0.4 is 5.43 Å². The molecule has 0 unspecified atom stereocenters. The maximum atomic E-state index is 12.1. The first kappa shape index (κ1) is 18.9. The van der Waals surface area contributed by atoms with Crippen LogP contribution in [0.3, 0.4) is 0 Å². The molecule has 0 bridgehead atoms. The third-order valence-electron chi connectivity index (χ3n) is 3.43. The number of halogens is 6. The summed E-state index contributed by atoms with van der Waals surface area (Å²) in [6, 6.07) is 9.33. The van der Waals surface area contributed by atoms with Crippen molar-refractivity contribution in [1.82, 2.24) is 4.98 Å². The standard InChI is InChI=1S/C17H7Cl6NO/c18-10-1-7(2-11(19)16(10)22)14-5-9(25)6-15(24-14)8-3-12(20)17(23)13(21)4-8/h1-6H,(H,24,25). The largest absolute Gasteiger partial charge is 0.354 e. The Balaban J connectivity index is 2.19. The van der Waals surface area contributed by atoms with Gasteiger partial charge in [-0.05, 0) is 24.3 Å². The van der Waals surface area contributed by atoms with Gasteiger partial charge in [0.15, 0.2) is 5.43 Å². The summed E-state index contributed by atoms with van der Waals surface area (Å²) < 4.78 is 0. The van der Waals surface area contributed by atoms with Gasteiger partial charge >= 0.3 is 0 Å². The molecule has 1 heterocycles. The lowest BCUT2D eigenvalue weighted by Gasteiger charge is -2.10. The van der Waals surface area contributed by atoms with E-state index in [1.54, 1.807) is 24.3 Å². The second-order valence-corrected chi connectivity index (χ2v) is 7.54. The van der Waals surface area contributed by atoms with Crippen molar-refractivity contribution in [3.63, 3.8) is 0 Å². The van der Waals surface area contributed by atoms with Gasteiger partial charge in [-0.2, -0.15) is 0 Å². The Hall–Kier alpha value is -0.870. The number of aromatic amines is 1. The zero-order chi connectivity index (χ0) is 18.3. The molecule has 0 radical (unpaired) electrons. The van der Waals surface area contributed by atoms with Crippen LogP contribution >= 0.6 is 69.6 Å². The molecule has 2 nitrogen and oxygen atoms in total. The van der Waals surface area contributed by atoms with Crippen LogP contribution in [0, 0.1) is 0 Å². The van der Waals surface area contributed by atoms with E-state index in [-0.39, 0.29) is 35.6 Å². The minimum Gasteiger partial charge on any atom is -0.354 e. The quantitative estimate of drug-likeness (QED) is 0.397. The Labute approximate surface area is 173 Å². The lowest BCUT2D eigenvalue weighted by Crippen LogP contribution is -2.02. The lowest BCUT2D eigenvalue weighted by atomic mass is 10.1. The molecule has 128 valence electrons. The van der Waals surface area contributed by atoms with E-state index in [4.69, 9.17) is 69.6 Å². The van der Waals surface area contributed by atoms with Crippen molar-refractivity contribution in [2.45, 2.75) is 0 Å². The number of hydrogen-bond acceptors (Lipinski definition) is 1. The number of aromatic nitrogens is 1. The van der Waals surface area contributed by atoms with E-state index in [9.17, 15) is 4.79 Å². The van der Waals surface area contributed by atoms with Crippen LogP contribution in [0.15, 0.2) is 41.2 Å². The zero-order valence-corrected chi connectivity index (χ0v) is 16.7. The van der Waals surface area contributed by atoms with Gasteiger partial charge in [0.05, 0.1) is 30.1 Å². The van der Waals surface area contributed by atoms with Gasteiger partial charge in [0.2, 0.25) is 0 Å². The molecule has 3 aromatic rings. The van der Waals surface area contributed by atoms with Gasteiger partial charge < -0.3 is 4.98 Å². The summed E-state index contributed by atoms with van der Waals surface area (Å²) in [7, 11) is 0. The Kier molecular flexibility index (Phi) is 5.60. The first-order valence-electron chi connectivity index (χ1n) is 6.80. The third kappa shape index (κ3) is 3.95. The van der Waals surface area contributed by atoms with Gasteiger partial charge in [-0.3, -0.25) is 4.79 Å². The summed E-state index contributed by atoms with van der Waals surface area (Å²) in [5, 5.41) is 1.64. The SMILES string of the molecule is O=c1cc(-c2cc(Cl)c(Cl)c(Cl)c2)[nH]c(-c2cc(Cl)c(Cl)c(Cl)c2)c1. The van der Waals surface area contributed by atoms with Gasteiger partial charge in [-0.25, -0.2) is 0 Å². The Morgan fingerprint density at radius 2 is 0.880 bits per heavy atom. The van der Waals surface area contributed by atoms with Crippen LogP contribution in [0.25, 0.3) is 22.5 Å². The molecule has 0 fully saturated rings. The molecule has 0 saturated carbocycles. The molecule has 0 aliphatic rings. The van der Waals surface area contributed by atoms with E-state index in [2.05, 4.69) is 4.98 Å². The molecule has 1 aromatic heterocycles. The van der Waals surface area contributed by atoms with Crippen molar-refractivity contribution in [2.75, 3.05) is 0 Å². The van der Waals surface area contributed by atoms with E-state index >= 15 is 0 Å². The molecule has 0 aliphatic carbocycles. The number of H-pyrrole nitrogens is 1. The minimum atomic E-state index is -0.215. The van der Waals surface area contributed by atoms with Crippen LogP contribution in [-0.4, -0.2) is 4.98 Å². The minimum absolute atomic E-state index is 0.215. The van der Waals surface area contributed by atoms with E-state index in [1.807, 2.05) is 0 Å². The highest BCUT2D eigenvalue weighted by Gasteiger charge is 2.12. The molecule has 25 heavy (non-hydrogen) atoms. The summed E-state index contributed by atoms with van der Waals surface area (Å²) in [5.74, 6) is 0. The fraction of sp³-hybridized carbons (Fsp3) is 0. The number of rotatable bonds is 2. The van der Waals surface area contributed by atoms with E-state index < -0.39 is 0 Å². The number of nitrogens with one attached hydrogen (secondary N) is 1. The fourth-order valence-corrected chi connectivity index (χ4v) is 3.47. The maximum absolute atomic E-state index is 12.1. The van der Waals surface area contributed by atoms with Crippen molar-refractivity contribution in [3.8, 4) is 22.5 Å². The molecular formula is C17H7Cl6NO. The monoisotopic (exact) mass is 451 g/mol. The van der Waals surface area contributed by atoms with Crippen LogP contribution in [0.1, 0.15) is 0 Å². The molecule has 3 rings (SSSR count). The predicted molar refractivity (Wildman–Crippen MR) is 108 cm³/mol. The Morgan fingerprint density at radius 1 is 0.560 bits per heavy atom. The highest BCUT2D eigenvalue weighted by atomic mass is 35.5. The van der Waals surface area contributed by atoms with E-state index in [0.29, 0.717) is 22.5 Å². The summed E-state index contributed by atoms with van der Waals surface area (Å²) in [4.78, 5) is 15.3. The average Bonchev–Trinajstić information content (AvgIpc) is 2.56. The van der Waals surface area contributed by atoms with E-state index in [0.717, 1.165) is 0 Å². The van der Waals surface area contributed by atoms with Crippen molar-refractivity contribution in [1.29, 1.82) is 0 Å². The van der Waals surface area contributed by atoms with E-state index in [1.165, 1.54) is 12.1 Å². The first-order valence-corrected chi connectivity index (χ1v) is 9.07. The van der Waals surface area contributed by atoms with Crippen LogP contribution in [0.2, 0.25) is 30.1 Å². The van der Waals surface area contributed by atoms with Crippen molar-refractivity contribution < 1.29 is 0 Å². The number of hydrogen-bond donors (Lipinski definition) is 1. The Bertz CT molecular complexity index is 919. The average molecular weight is 454 g/mol. The fourth-order valence-electron chi connectivity index (χ4n) is 2.28. The number of pyridine rings is 1. The van der Waals surface area contributed by atoms with Crippen LogP contribution in [-0.2, 0) is 0 Å². The Morgan fingerprint density at radius 3 is 1.20 bits per heavy atom. The van der Waals surface area contributed by atoms with Gasteiger partial charge in [0.25, 0.3) is 0 Å². The van der Waals surface area contributed by atoms with Gasteiger partial charge in [0, 0.05) is 34.6 Å². The number of benzene rings is 2. The molecular weight excluding hydrogens is 447 g/mol. The normalized spacial score (nSPS) is 11.0. The molecule has 0 spiro atoms. The smallest absolute Gasteiger partial charge is 0.182 e. The molecule has 8 heteroatoms. The maximum Gasteiger partial charge on any atom is 0.182 e. The highest BCUT2D eigenvalue weighted by Crippen LogP contribution is 2.36. The first-order chi connectivity index (χ1) is 11.8. The second kappa shape index (κ2) is 7.40. The summed E-state index contributed by atoms with van der Waals surface area (Å²) >= 11 is 36.2. The van der Waals surface area contributed by atoms with Crippen LogP contribution in [0.4, 0.5) is 0 Å².